The molecule has 0 aromatic heterocycles. The molecule has 1 aromatic rings. The van der Waals surface area contributed by atoms with Crippen LogP contribution in [-0.4, -0.2) is 14.2 Å². The van der Waals surface area contributed by atoms with Gasteiger partial charge in [0.1, 0.15) is 5.75 Å². The largest absolute Gasteiger partial charge is 0.508 e. The minimum Gasteiger partial charge on any atom is -0.508 e. The van der Waals surface area contributed by atoms with E-state index in [0.717, 1.165) is 6.07 Å². The highest BCUT2D eigenvalue weighted by molar-refractivity contribution is 5.60. The maximum atomic E-state index is 13.0. The van der Waals surface area contributed by atoms with Gasteiger partial charge in [0.05, 0.1) is 20.8 Å². The molecule has 0 saturated carbocycles. The molecule has 0 unspecified atom stereocenters. The molecular formula is C9H8FNO2. The summed E-state index contributed by atoms with van der Waals surface area (Å²) in [6.45, 7) is 6.75. The molecule has 0 spiro atoms. The molecule has 0 amide bonds. The number of ether oxygens (including phenoxy) is 2. The van der Waals surface area contributed by atoms with E-state index in [4.69, 9.17) is 16.0 Å². The highest BCUT2D eigenvalue weighted by Gasteiger charge is 2.10. The maximum Gasteiger partial charge on any atom is 0.231 e. The van der Waals surface area contributed by atoms with Crippen LogP contribution in [0.25, 0.3) is 4.85 Å². The van der Waals surface area contributed by atoms with E-state index in [1.54, 1.807) is 0 Å². The van der Waals surface area contributed by atoms with Gasteiger partial charge in [-0.05, 0) is 6.07 Å². The monoisotopic (exact) mass is 181 g/mol. The van der Waals surface area contributed by atoms with E-state index >= 15 is 0 Å². The molecule has 1 aromatic carbocycles. The molecule has 0 atom stereocenters. The van der Waals surface area contributed by atoms with Crippen LogP contribution in [-0.2, 0) is 0 Å². The first kappa shape index (κ1) is 9.33. The van der Waals surface area contributed by atoms with Crippen molar-refractivity contribution < 1.29 is 13.9 Å². The first-order valence-corrected chi connectivity index (χ1v) is 3.52. The van der Waals surface area contributed by atoms with Gasteiger partial charge in [0.2, 0.25) is 5.69 Å². The molecule has 0 aliphatic rings. The number of nitrogens with zero attached hydrogens (tertiary/aromatic N) is 1. The van der Waals surface area contributed by atoms with E-state index in [0.29, 0.717) is 5.75 Å². The second-order valence-corrected chi connectivity index (χ2v) is 2.27. The van der Waals surface area contributed by atoms with Gasteiger partial charge in [-0.3, -0.25) is 0 Å². The van der Waals surface area contributed by atoms with E-state index in [1.165, 1.54) is 20.3 Å². The smallest absolute Gasteiger partial charge is 0.231 e. The van der Waals surface area contributed by atoms with E-state index in [9.17, 15) is 4.39 Å². The highest BCUT2D eigenvalue weighted by atomic mass is 19.1. The molecular weight excluding hydrogens is 173 g/mol. The Hall–Kier alpha value is -1.76. The first-order valence-electron chi connectivity index (χ1n) is 3.52. The average molecular weight is 181 g/mol. The molecule has 0 saturated heterocycles. The van der Waals surface area contributed by atoms with Crippen LogP contribution in [0, 0.1) is 12.4 Å². The second kappa shape index (κ2) is 3.76. The molecule has 3 nitrogen and oxygen atoms in total. The number of hydrogen-bond donors (Lipinski definition) is 0. The van der Waals surface area contributed by atoms with Crippen molar-refractivity contribution in [1.82, 2.24) is 0 Å². The minimum absolute atomic E-state index is 0.0734. The van der Waals surface area contributed by atoms with Crippen LogP contribution in [0.4, 0.5) is 10.1 Å². The van der Waals surface area contributed by atoms with Crippen molar-refractivity contribution in [2.24, 2.45) is 0 Å². The second-order valence-electron chi connectivity index (χ2n) is 2.27. The Morgan fingerprint density at radius 3 is 2.31 bits per heavy atom. The summed E-state index contributed by atoms with van der Waals surface area (Å²) >= 11 is 0. The summed E-state index contributed by atoms with van der Waals surface area (Å²) in [6, 6.07) is 2.44. The zero-order chi connectivity index (χ0) is 9.84. The fourth-order valence-electron chi connectivity index (χ4n) is 0.932. The van der Waals surface area contributed by atoms with Crippen LogP contribution in [0.3, 0.4) is 0 Å². The minimum atomic E-state index is -0.561. The van der Waals surface area contributed by atoms with Crippen molar-refractivity contribution >= 4 is 5.69 Å². The topological polar surface area (TPSA) is 22.8 Å². The van der Waals surface area contributed by atoms with Gasteiger partial charge in [0.25, 0.3) is 0 Å². The highest BCUT2D eigenvalue weighted by Crippen LogP contribution is 2.33. The third kappa shape index (κ3) is 1.70. The summed E-state index contributed by atoms with van der Waals surface area (Å²) < 4.78 is 22.6. The van der Waals surface area contributed by atoms with Crippen molar-refractivity contribution in [2.75, 3.05) is 14.2 Å². The Morgan fingerprint density at radius 1 is 1.23 bits per heavy atom. The maximum absolute atomic E-state index is 13.0. The van der Waals surface area contributed by atoms with Crippen molar-refractivity contribution in [2.45, 2.75) is 0 Å². The van der Waals surface area contributed by atoms with Crippen molar-refractivity contribution in [1.29, 1.82) is 0 Å². The summed E-state index contributed by atoms with van der Waals surface area (Å²) in [4.78, 5) is 3.11. The van der Waals surface area contributed by atoms with Crippen LogP contribution in [0.1, 0.15) is 0 Å². The zero-order valence-corrected chi connectivity index (χ0v) is 7.30. The van der Waals surface area contributed by atoms with E-state index in [1.807, 2.05) is 0 Å². The number of methoxy groups -OCH3 is 2. The zero-order valence-electron chi connectivity index (χ0n) is 7.30. The number of rotatable bonds is 2. The summed E-state index contributed by atoms with van der Waals surface area (Å²) in [6.07, 6.45) is 0. The third-order valence-corrected chi connectivity index (χ3v) is 1.57. The van der Waals surface area contributed by atoms with Gasteiger partial charge < -0.3 is 9.47 Å². The summed E-state index contributed by atoms with van der Waals surface area (Å²) in [5.41, 5.74) is 0.140. The van der Waals surface area contributed by atoms with Crippen molar-refractivity contribution in [3.8, 4) is 11.5 Å². The lowest BCUT2D eigenvalue weighted by Gasteiger charge is -2.06. The summed E-state index contributed by atoms with van der Waals surface area (Å²) in [5, 5.41) is 0. The van der Waals surface area contributed by atoms with Gasteiger partial charge in [-0.2, -0.15) is 0 Å². The van der Waals surface area contributed by atoms with Crippen molar-refractivity contribution in [3.05, 3.63) is 29.4 Å². The standard InChI is InChI=1S/C9H8FNO2/c1-11-7-4-6(10)8(12-2)5-9(7)13-3/h4-5H,2-3H3. The fraction of sp³-hybridized carbons (Fsp3) is 0.222. The van der Waals surface area contributed by atoms with E-state index in [-0.39, 0.29) is 11.4 Å². The molecule has 13 heavy (non-hydrogen) atoms. The molecule has 0 radical (unpaired) electrons. The number of halogens is 1. The van der Waals surface area contributed by atoms with Crippen LogP contribution in [0.2, 0.25) is 0 Å². The van der Waals surface area contributed by atoms with Gasteiger partial charge in [-0.15, -0.1) is 0 Å². The molecule has 0 aliphatic carbocycles. The predicted octanol–water partition coefficient (Wildman–Crippen LogP) is 2.39. The summed E-state index contributed by atoms with van der Waals surface area (Å²) in [7, 11) is 2.77. The Morgan fingerprint density at radius 2 is 1.85 bits per heavy atom. The molecule has 0 N–H and O–H groups in total. The lowest BCUT2D eigenvalue weighted by molar-refractivity contribution is 0.375. The molecule has 0 heterocycles. The van der Waals surface area contributed by atoms with Crippen LogP contribution < -0.4 is 9.47 Å². The van der Waals surface area contributed by atoms with Gasteiger partial charge in [0, 0.05) is 6.07 Å². The quantitative estimate of drug-likeness (QED) is 0.654. The predicted molar refractivity (Wildman–Crippen MR) is 45.8 cm³/mol. The fourth-order valence-corrected chi connectivity index (χ4v) is 0.932. The average Bonchev–Trinajstić information content (AvgIpc) is 2.17. The molecule has 68 valence electrons. The van der Waals surface area contributed by atoms with Crippen LogP contribution in [0.5, 0.6) is 11.5 Å². The summed E-state index contributed by atoms with van der Waals surface area (Å²) in [5.74, 6) is -0.174. The van der Waals surface area contributed by atoms with Gasteiger partial charge in [0.15, 0.2) is 11.6 Å². The molecule has 0 fully saturated rings. The Labute approximate surface area is 75.5 Å². The molecule has 4 heteroatoms. The lowest BCUT2D eigenvalue weighted by atomic mass is 10.2. The van der Waals surface area contributed by atoms with Gasteiger partial charge in [-0.25, -0.2) is 9.24 Å². The Balaban J connectivity index is 3.28. The van der Waals surface area contributed by atoms with Crippen molar-refractivity contribution in [3.63, 3.8) is 0 Å². The van der Waals surface area contributed by atoms with Gasteiger partial charge in [-0.1, -0.05) is 0 Å². The third-order valence-electron chi connectivity index (χ3n) is 1.57. The molecule has 0 aliphatic heterocycles. The van der Waals surface area contributed by atoms with Crippen LogP contribution in [0.15, 0.2) is 12.1 Å². The number of benzene rings is 1. The van der Waals surface area contributed by atoms with E-state index < -0.39 is 5.82 Å². The molecule has 0 bridgehead atoms. The van der Waals surface area contributed by atoms with Crippen LogP contribution >= 0.6 is 0 Å². The SMILES string of the molecule is [C-]#[N+]c1cc(F)c(OC)cc1OC. The molecule has 1 rings (SSSR count). The Bertz CT molecular complexity index is 357. The van der Waals surface area contributed by atoms with E-state index in [2.05, 4.69) is 4.85 Å². The Kier molecular flexibility index (Phi) is 2.70. The lowest BCUT2D eigenvalue weighted by Crippen LogP contribution is -1.90. The first-order chi connectivity index (χ1) is 6.22. The number of hydrogen-bond acceptors (Lipinski definition) is 2. The van der Waals surface area contributed by atoms with Gasteiger partial charge >= 0.3 is 0 Å². The normalized spacial score (nSPS) is 9.08.